The first-order chi connectivity index (χ1) is 6.63. The Balaban J connectivity index is 2.62. The molecule has 0 radical (unpaired) electrons. The van der Waals surface area contributed by atoms with Crippen molar-refractivity contribution in [2.45, 2.75) is 32.7 Å². The van der Waals surface area contributed by atoms with Crippen LogP contribution < -0.4 is 11.1 Å². The fraction of sp³-hybridized carbons (Fsp3) is 0.500. The van der Waals surface area contributed by atoms with E-state index in [0.717, 1.165) is 22.7 Å². The van der Waals surface area contributed by atoms with Crippen LogP contribution in [-0.2, 0) is 4.79 Å². The van der Waals surface area contributed by atoms with Crippen molar-refractivity contribution in [2.75, 3.05) is 5.32 Å². The summed E-state index contributed by atoms with van der Waals surface area (Å²) < 4.78 is 0. The lowest BCUT2D eigenvalue weighted by atomic mass is 10.1. The van der Waals surface area contributed by atoms with Crippen LogP contribution in [0.25, 0.3) is 0 Å². The second-order valence-electron chi connectivity index (χ2n) is 3.28. The Morgan fingerprint density at radius 1 is 1.64 bits per heavy atom. The predicted octanol–water partition coefficient (Wildman–Crippen LogP) is 2.51. The fourth-order valence-electron chi connectivity index (χ4n) is 1.25. The smallest absolute Gasteiger partial charge is 0.221 e. The third-order valence-corrected chi connectivity index (χ3v) is 3.02. The molecule has 0 spiro atoms. The van der Waals surface area contributed by atoms with Crippen LogP contribution >= 0.6 is 11.3 Å². The van der Waals surface area contributed by atoms with Crippen molar-refractivity contribution in [3.05, 3.63) is 17.0 Å². The van der Waals surface area contributed by atoms with E-state index in [1.54, 1.807) is 11.3 Å². The largest absolute Gasteiger partial charge is 0.323 e. The monoisotopic (exact) mass is 212 g/mol. The molecular formula is C10H16N2OS. The second kappa shape index (κ2) is 5.12. The third kappa shape index (κ3) is 3.12. The number of hydrogen-bond donors (Lipinski definition) is 2. The van der Waals surface area contributed by atoms with Crippen LogP contribution in [0.2, 0.25) is 0 Å². The molecule has 1 amide bonds. The van der Waals surface area contributed by atoms with Crippen LogP contribution in [0, 0.1) is 0 Å². The molecule has 1 heterocycles. The lowest BCUT2D eigenvalue weighted by molar-refractivity contribution is -0.114. The van der Waals surface area contributed by atoms with Crippen LogP contribution in [0.1, 0.15) is 37.6 Å². The van der Waals surface area contributed by atoms with Gasteiger partial charge in [0.1, 0.15) is 0 Å². The summed E-state index contributed by atoms with van der Waals surface area (Å²) in [4.78, 5) is 11.9. The highest BCUT2D eigenvalue weighted by atomic mass is 32.1. The van der Waals surface area contributed by atoms with Crippen LogP contribution in [0.4, 0.5) is 5.00 Å². The third-order valence-electron chi connectivity index (χ3n) is 1.89. The highest BCUT2D eigenvalue weighted by Crippen LogP contribution is 2.28. The van der Waals surface area contributed by atoms with Gasteiger partial charge in [0.25, 0.3) is 0 Å². The topological polar surface area (TPSA) is 55.1 Å². The minimum Gasteiger partial charge on any atom is -0.323 e. The summed E-state index contributed by atoms with van der Waals surface area (Å²) in [5.74, 6) is -0.0394. The average Bonchev–Trinajstić information content (AvgIpc) is 2.52. The fourth-order valence-corrected chi connectivity index (χ4v) is 2.24. The molecule has 0 bridgehead atoms. The average molecular weight is 212 g/mol. The van der Waals surface area contributed by atoms with Crippen LogP contribution in [-0.4, -0.2) is 5.91 Å². The summed E-state index contributed by atoms with van der Waals surface area (Å²) in [7, 11) is 0. The maximum atomic E-state index is 10.8. The zero-order valence-electron chi connectivity index (χ0n) is 8.54. The molecule has 1 aromatic heterocycles. The van der Waals surface area contributed by atoms with Gasteiger partial charge >= 0.3 is 0 Å². The van der Waals surface area contributed by atoms with E-state index in [-0.39, 0.29) is 11.9 Å². The summed E-state index contributed by atoms with van der Waals surface area (Å²) in [6.07, 6.45) is 2.06. The summed E-state index contributed by atoms with van der Waals surface area (Å²) in [6, 6.07) is 3.99. The molecule has 0 aliphatic heterocycles. The molecule has 1 atom stereocenters. The Morgan fingerprint density at radius 2 is 2.36 bits per heavy atom. The molecular weight excluding hydrogens is 196 g/mol. The standard InChI is InChI=1S/C10H16N2OS/c1-3-4-8(11)9-5-6-10(14-9)12-7(2)13/h5-6,8H,3-4,11H2,1-2H3,(H,12,13)/t8-/m0/s1. The quantitative estimate of drug-likeness (QED) is 0.805. The van der Waals surface area contributed by atoms with Gasteiger partial charge in [-0.3, -0.25) is 4.79 Å². The molecule has 0 aliphatic carbocycles. The van der Waals surface area contributed by atoms with Crippen molar-refractivity contribution < 1.29 is 4.79 Å². The van der Waals surface area contributed by atoms with Crippen molar-refractivity contribution in [3.8, 4) is 0 Å². The summed E-state index contributed by atoms with van der Waals surface area (Å²) in [5.41, 5.74) is 5.95. The van der Waals surface area contributed by atoms with E-state index in [4.69, 9.17) is 5.73 Å². The minimum atomic E-state index is -0.0394. The highest BCUT2D eigenvalue weighted by molar-refractivity contribution is 7.16. The number of rotatable bonds is 4. The Hall–Kier alpha value is -0.870. The van der Waals surface area contributed by atoms with E-state index >= 15 is 0 Å². The number of amides is 1. The van der Waals surface area contributed by atoms with E-state index in [2.05, 4.69) is 12.2 Å². The van der Waals surface area contributed by atoms with Gasteiger partial charge in [0.15, 0.2) is 0 Å². The van der Waals surface area contributed by atoms with Gasteiger partial charge in [0, 0.05) is 17.8 Å². The highest BCUT2D eigenvalue weighted by Gasteiger charge is 2.08. The van der Waals surface area contributed by atoms with Crippen LogP contribution in [0.3, 0.4) is 0 Å². The van der Waals surface area contributed by atoms with Gasteiger partial charge in [0.2, 0.25) is 5.91 Å². The summed E-state index contributed by atoms with van der Waals surface area (Å²) >= 11 is 1.55. The molecule has 3 N–H and O–H groups in total. The molecule has 0 saturated heterocycles. The summed E-state index contributed by atoms with van der Waals surface area (Å²) in [6.45, 7) is 3.62. The van der Waals surface area contributed by atoms with Crippen LogP contribution in [0.5, 0.6) is 0 Å². The SMILES string of the molecule is CCC[C@H](N)c1ccc(NC(C)=O)s1. The molecule has 0 aliphatic rings. The molecule has 4 heteroatoms. The van der Waals surface area contributed by atoms with E-state index in [9.17, 15) is 4.79 Å². The number of carbonyl (C=O) groups excluding carboxylic acids is 1. The maximum absolute atomic E-state index is 10.8. The number of anilines is 1. The molecule has 0 unspecified atom stereocenters. The predicted molar refractivity (Wildman–Crippen MR) is 60.5 cm³/mol. The van der Waals surface area contributed by atoms with E-state index in [1.807, 2.05) is 12.1 Å². The minimum absolute atomic E-state index is 0.0394. The first-order valence-corrected chi connectivity index (χ1v) is 5.58. The normalized spacial score (nSPS) is 12.5. The van der Waals surface area contributed by atoms with Crippen molar-refractivity contribution in [1.29, 1.82) is 0 Å². The number of nitrogens with two attached hydrogens (primary N) is 1. The molecule has 78 valence electrons. The summed E-state index contributed by atoms with van der Waals surface area (Å²) in [5, 5.41) is 3.62. The molecule has 3 nitrogen and oxygen atoms in total. The number of nitrogens with one attached hydrogen (secondary N) is 1. The van der Waals surface area contributed by atoms with Crippen molar-refractivity contribution in [3.63, 3.8) is 0 Å². The lowest BCUT2D eigenvalue weighted by Gasteiger charge is -2.06. The first kappa shape index (κ1) is 11.2. The van der Waals surface area contributed by atoms with Gasteiger partial charge in [-0.05, 0) is 18.6 Å². The number of carbonyl (C=O) groups is 1. The van der Waals surface area contributed by atoms with Crippen molar-refractivity contribution >= 4 is 22.2 Å². The van der Waals surface area contributed by atoms with E-state index in [1.165, 1.54) is 6.92 Å². The van der Waals surface area contributed by atoms with Gasteiger partial charge in [-0.25, -0.2) is 0 Å². The number of hydrogen-bond acceptors (Lipinski definition) is 3. The Kier molecular flexibility index (Phi) is 4.10. The Morgan fingerprint density at radius 3 is 2.93 bits per heavy atom. The van der Waals surface area contributed by atoms with Crippen molar-refractivity contribution in [2.24, 2.45) is 5.73 Å². The molecule has 14 heavy (non-hydrogen) atoms. The van der Waals surface area contributed by atoms with Gasteiger partial charge in [-0.1, -0.05) is 13.3 Å². The van der Waals surface area contributed by atoms with E-state index < -0.39 is 0 Å². The molecule has 0 saturated carbocycles. The number of thiophene rings is 1. The second-order valence-corrected chi connectivity index (χ2v) is 4.39. The zero-order chi connectivity index (χ0) is 10.6. The first-order valence-electron chi connectivity index (χ1n) is 4.76. The molecule has 1 aromatic rings. The Bertz CT molecular complexity index is 309. The van der Waals surface area contributed by atoms with Gasteiger partial charge in [-0.15, -0.1) is 11.3 Å². The maximum Gasteiger partial charge on any atom is 0.221 e. The van der Waals surface area contributed by atoms with Gasteiger partial charge in [0.05, 0.1) is 5.00 Å². The van der Waals surface area contributed by atoms with E-state index in [0.29, 0.717) is 0 Å². The van der Waals surface area contributed by atoms with Gasteiger partial charge < -0.3 is 11.1 Å². The molecule has 0 aromatic carbocycles. The lowest BCUT2D eigenvalue weighted by Crippen LogP contribution is -2.07. The molecule has 0 fully saturated rings. The van der Waals surface area contributed by atoms with Gasteiger partial charge in [-0.2, -0.15) is 0 Å². The zero-order valence-corrected chi connectivity index (χ0v) is 9.36. The molecule has 1 rings (SSSR count). The van der Waals surface area contributed by atoms with Crippen molar-refractivity contribution in [1.82, 2.24) is 0 Å². The Labute approximate surface area is 88.3 Å². The van der Waals surface area contributed by atoms with Crippen LogP contribution in [0.15, 0.2) is 12.1 Å².